The number of phenolic OH excluding ortho intramolecular Hbond substituents is 2. The van der Waals surface area contributed by atoms with Gasteiger partial charge in [0.2, 0.25) is 0 Å². The van der Waals surface area contributed by atoms with Crippen LogP contribution in [-0.4, -0.2) is 15.2 Å². The summed E-state index contributed by atoms with van der Waals surface area (Å²) in [5, 5.41) is 18.5. The van der Waals surface area contributed by atoms with Crippen molar-refractivity contribution < 1.29 is 14.6 Å². The maximum atomic E-state index is 9.47. The van der Waals surface area contributed by atoms with Crippen molar-refractivity contribution in [3.8, 4) is 22.8 Å². The third-order valence-corrected chi connectivity index (χ3v) is 1.77. The van der Waals surface area contributed by atoms with Crippen molar-refractivity contribution in [1.82, 2.24) is 4.98 Å². The van der Waals surface area contributed by atoms with Crippen LogP contribution in [0.15, 0.2) is 28.8 Å². The molecule has 1 aromatic carbocycles. The Bertz CT molecular complexity index is 465. The number of nitrogen functional groups attached to an aromatic ring is 1. The largest absolute Gasteiger partial charge is 0.508 e. The van der Waals surface area contributed by atoms with Crippen LogP contribution in [0.5, 0.6) is 11.5 Å². The molecule has 2 aromatic rings. The molecule has 0 unspecified atom stereocenters. The molecule has 0 aliphatic rings. The molecule has 0 spiro atoms. The maximum absolute atomic E-state index is 9.47. The second-order valence-electron chi connectivity index (χ2n) is 2.76. The zero-order chi connectivity index (χ0) is 10.1. The van der Waals surface area contributed by atoms with E-state index in [1.165, 1.54) is 24.4 Å². The van der Waals surface area contributed by atoms with Crippen molar-refractivity contribution in [3.05, 3.63) is 24.4 Å². The van der Waals surface area contributed by atoms with Gasteiger partial charge < -0.3 is 20.4 Å². The average molecular weight is 192 g/mol. The lowest BCUT2D eigenvalue weighted by atomic mass is 10.1. The molecule has 14 heavy (non-hydrogen) atoms. The van der Waals surface area contributed by atoms with Crippen LogP contribution >= 0.6 is 0 Å². The van der Waals surface area contributed by atoms with Crippen LogP contribution < -0.4 is 5.73 Å². The number of nitrogens with zero attached hydrogens (tertiary/aromatic N) is 1. The number of hydrogen-bond donors (Lipinski definition) is 3. The number of aromatic nitrogens is 1. The summed E-state index contributed by atoms with van der Waals surface area (Å²) in [6.45, 7) is 0. The summed E-state index contributed by atoms with van der Waals surface area (Å²) in [5.41, 5.74) is 5.72. The van der Waals surface area contributed by atoms with Crippen LogP contribution in [-0.2, 0) is 0 Å². The van der Waals surface area contributed by atoms with Crippen molar-refractivity contribution >= 4 is 6.01 Å². The Labute approximate surface area is 79.4 Å². The molecule has 5 heteroatoms. The fourth-order valence-electron chi connectivity index (χ4n) is 1.14. The summed E-state index contributed by atoms with van der Waals surface area (Å²) in [6.07, 6.45) is 1.40. The van der Waals surface area contributed by atoms with Crippen molar-refractivity contribution in [2.24, 2.45) is 0 Å². The Hall–Kier alpha value is -2.17. The van der Waals surface area contributed by atoms with Gasteiger partial charge in [-0.2, -0.15) is 0 Å². The molecule has 0 saturated heterocycles. The number of anilines is 1. The summed E-state index contributed by atoms with van der Waals surface area (Å²) < 4.78 is 5.02. The summed E-state index contributed by atoms with van der Waals surface area (Å²) >= 11 is 0. The van der Waals surface area contributed by atoms with E-state index in [9.17, 15) is 5.11 Å². The average Bonchev–Trinajstić information content (AvgIpc) is 2.51. The van der Waals surface area contributed by atoms with E-state index in [0.717, 1.165) is 0 Å². The summed E-state index contributed by atoms with van der Waals surface area (Å²) in [6, 6.07) is 4.21. The minimum Gasteiger partial charge on any atom is -0.508 e. The molecule has 0 aliphatic heterocycles. The minimum atomic E-state index is -0.0823. The van der Waals surface area contributed by atoms with Crippen molar-refractivity contribution in [2.45, 2.75) is 0 Å². The van der Waals surface area contributed by atoms with Crippen molar-refractivity contribution in [1.29, 1.82) is 0 Å². The van der Waals surface area contributed by atoms with Crippen LogP contribution in [0, 0.1) is 0 Å². The van der Waals surface area contributed by atoms with Gasteiger partial charge in [-0.3, -0.25) is 0 Å². The van der Waals surface area contributed by atoms with Gasteiger partial charge in [0.1, 0.15) is 11.5 Å². The third kappa shape index (κ3) is 1.35. The molecular weight excluding hydrogens is 184 g/mol. The SMILES string of the molecule is Nc1ncc(-c2ccc(O)cc2O)o1. The van der Waals surface area contributed by atoms with Gasteiger partial charge in [0.05, 0.1) is 11.8 Å². The van der Waals surface area contributed by atoms with Crippen molar-refractivity contribution in [3.63, 3.8) is 0 Å². The lowest BCUT2D eigenvalue weighted by Crippen LogP contribution is -1.80. The minimum absolute atomic E-state index is 0.0151. The van der Waals surface area contributed by atoms with E-state index in [1.54, 1.807) is 0 Å². The normalized spacial score (nSPS) is 10.3. The number of hydrogen-bond acceptors (Lipinski definition) is 5. The monoisotopic (exact) mass is 192 g/mol. The Balaban J connectivity index is 2.52. The molecule has 0 radical (unpaired) electrons. The molecule has 72 valence electrons. The van der Waals surface area contributed by atoms with E-state index in [0.29, 0.717) is 11.3 Å². The molecule has 1 aromatic heterocycles. The lowest BCUT2D eigenvalue weighted by molar-refractivity contribution is 0.450. The highest BCUT2D eigenvalue weighted by molar-refractivity contribution is 5.66. The Kier molecular flexibility index (Phi) is 1.78. The first-order chi connectivity index (χ1) is 6.66. The fourth-order valence-corrected chi connectivity index (χ4v) is 1.14. The molecule has 0 saturated carbocycles. The van der Waals surface area contributed by atoms with Gasteiger partial charge in [0.15, 0.2) is 5.76 Å². The summed E-state index contributed by atoms with van der Waals surface area (Å²) in [4.78, 5) is 3.69. The van der Waals surface area contributed by atoms with Gasteiger partial charge >= 0.3 is 0 Å². The number of rotatable bonds is 1. The van der Waals surface area contributed by atoms with Gasteiger partial charge in [-0.15, -0.1) is 0 Å². The van der Waals surface area contributed by atoms with E-state index in [4.69, 9.17) is 15.3 Å². The fraction of sp³-hybridized carbons (Fsp3) is 0. The molecule has 0 amide bonds. The zero-order valence-electron chi connectivity index (χ0n) is 7.14. The highest BCUT2D eigenvalue weighted by atomic mass is 16.4. The Morgan fingerprint density at radius 3 is 2.64 bits per heavy atom. The van der Waals surface area contributed by atoms with Gasteiger partial charge in [0, 0.05) is 6.07 Å². The summed E-state index contributed by atoms with van der Waals surface area (Å²) in [7, 11) is 0. The summed E-state index contributed by atoms with van der Waals surface area (Å²) in [5.74, 6) is 0.264. The first kappa shape index (κ1) is 8.43. The number of benzene rings is 1. The maximum Gasteiger partial charge on any atom is 0.292 e. The van der Waals surface area contributed by atoms with Crippen LogP contribution in [0.2, 0.25) is 0 Å². The lowest BCUT2D eigenvalue weighted by Gasteiger charge is -2.00. The van der Waals surface area contributed by atoms with Crippen LogP contribution in [0.3, 0.4) is 0 Å². The van der Waals surface area contributed by atoms with E-state index < -0.39 is 0 Å². The molecule has 1 heterocycles. The number of nitrogens with two attached hydrogens (primary N) is 1. The van der Waals surface area contributed by atoms with Crippen LogP contribution in [0.25, 0.3) is 11.3 Å². The van der Waals surface area contributed by atoms with Gasteiger partial charge in [-0.1, -0.05) is 0 Å². The predicted octanol–water partition coefficient (Wildman–Crippen LogP) is 1.33. The quantitative estimate of drug-likeness (QED) is 0.633. The molecule has 2 rings (SSSR count). The van der Waals surface area contributed by atoms with Crippen LogP contribution in [0.4, 0.5) is 6.01 Å². The standard InChI is InChI=1S/C9H8N2O3/c10-9-11-4-8(14-9)6-2-1-5(12)3-7(6)13/h1-4,12-13H,(H2,10,11). The zero-order valence-corrected chi connectivity index (χ0v) is 7.14. The smallest absolute Gasteiger partial charge is 0.292 e. The second kappa shape index (κ2) is 2.95. The topological polar surface area (TPSA) is 92.5 Å². The Morgan fingerprint density at radius 1 is 1.29 bits per heavy atom. The molecule has 0 bridgehead atoms. The molecule has 0 fully saturated rings. The van der Waals surface area contributed by atoms with E-state index >= 15 is 0 Å². The molecular formula is C9H8N2O3. The highest BCUT2D eigenvalue weighted by Gasteiger charge is 2.09. The molecule has 4 N–H and O–H groups in total. The van der Waals surface area contributed by atoms with E-state index in [-0.39, 0.29) is 17.5 Å². The number of oxazole rings is 1. The number of phenols is 2. The highest BCUT2D eigenvalue weighted by Crippen LogP contribution is 2.32. The third-order valence-electron chi connectivity index (χ3n) is 1.77. The van der Waals surface area contributed by atoms with Crippen LogP contribution in [0.1, 0.15) is 0 Å². The first-order valence-electron chi connectivity index (χ1n) is 3.90. The van der Waals surface area contributed by atoms with Gasteiger partial charge in [-0.05, 0) is 12.1 Å². The number of aromatic hydroxyl groups is 2. The first-order valence-corrected chi connectivity index (χ1v) is 3.90. The molecule has 5 nitrogen and oxygen atoms in total. The van der Waals surface area contributed by atoms with Gasteiger partial charge in [0.25, 0.3) is 6.01 Å². The second-order valence-corrected chi connectivity index (χ2v) is 2.76. The molecule has 0 aliphatic carbocycles. The van der Waals surface area contributed by atoms with E-state index in [1.807, 2.05) is 0 Å². The predicted molar refractivity (Wildman–Crippen MR) is 49.7 cm³/mol. The van der Waals surface area contributed by atoms with E-state index in [2.05, 4.69) is 4.98 Å². The Morgan fingerprint density at radius 2 is 2.07 bits per heavy atom. The van der Waals surface area contributed by atoms with Gasteiger partial charge in [-0.25, -0.2) is 4.98 Å². The molecule has 0 atom stereocenters. The van der Waals surface area contributed by atoms with Crippen molar-refractivity contribution in [2.75, 3.05) is 5.73 Å².